The highest BCUT2D eigenvalue weighted by Gasteiger charge is 2.33. The normalized spacial score (nSPS) is 24.1. The van der Waals surface area contributed by atoms with Crippen molar-refractivity contribution in [1.29, 1.82) is 0 Å². The molecule has 2 fully saturated rings. The van der Waals surface area contributed by atoms with Gasteiger partial charge in [0, 0.05) is 26.6 Å². The van der Waals surface area contributed by atoms with E-state index >= 15 is 0 Å². The summed E-state index contributed by atoms with van der Waals surface area (Å²) < 4.78 is 11.2. The molecule has 6 nitrogen and oxygen atoms in total. The van der Waals surface area contributed by atoms with Gasteiger partial charge >= 0.3 is 5.97 Å². The minimum atomic E-state index is -0.514. The van der Waals surface area contributed by atoms with Crippen LogP contribution in [0, 0.1) is 11.8 Å². The lowest BCUT2D eigenvalue weighted by atomic mass is 9.98. The average molecular weight is 340 g/mol. The van der Waals surface area contributed by atoms with E-state index < -0.39 is 6.04 Å². The molecular weight excluding hydrogens is 308 g/mol. The number of hydrogen-bond donors (Lipinski definition) is 1. The monoisotopic (exact) mass is 340 g/mol. The van der Waals surface area contributed by atoms with Crippen molar-refractivity contribution in [3.63, 3.8) is 0 Å². The summed E-state index contributed by atoms with van der Waals surface area (Å²) in [5.74, 6) is 0.312. The second kappa shape index (κ2) is 9.37. The molecule has 1 saturated carbocycles. The highest BCUT2D eigenvalue weighted by molar-refractivity contribution is 5.83. The number of nitrogens with one attached hydrogen (secondary N) is 1. The maximum absolute atomic E-state index is 12.5. The number of rotatable bonds is 7. The SMILES string of the molecule is CC(=O)NC(C(=O)OCC1CN(CC(C)C)CCO1)C1CCCC1. The Labute approximate surface area is 145 Å². The predicted octanol–water partition coefficient (Wildman–Crippen LogP) is 1.58. The molecule has 2 unspecified atom stereocenters. The van der Waals surface area contributed by atoms with Gasteiger partial charge in [-0.1, -0.05) is 26.7 Å². The molecule has 1 amide bonds. The van der Waals surface area contributed by atoms with Crippen LogP contribution < -0.4 is 5.32 Å². The summed E-state index contributed by atoms with van der Waals surface area (Å²) in [5, 5.41) is 2.78. The predicted molar refractivity (Wildman–Crippen MR) is 91.5 cm³/mol. The molecule has 1 saturated heterocycles. The Bertz CT molecular complexity index is 421. The van der Waals surface area contributed by atoms with E-state index in [2.05, 4.69) is 24.1 Å². The van der Waals surface area contributed by atoms with Crippen LogP contribution in [0.15, 0.2) is 0 Å². The largest absolute Gasteiger partial charge is 0.461 e. The number of carbonyl (C=O) groups excluding carboxylic acids is 2. The molecule has 1 heterocycles. The second-order valence-corrected chi connectivity index (χ2v) is 7.50. The maximum Gasteiger partial charge on any atom is 0.329 e. The standard InChI is InChI=1S/C18H32N2O4/c1-13(2)10-20-8-9-23-16(11-20)12-24-18(22)17(19-14(3)21)15-6-4-5-7-15/h13,15-17H,4-12H2,1-3H3,(H,19,21). The van der Waals surface area contributed by atoms with E-state index in [9.17, 15) is 9.59 Å². The number of esters is 1. The molecule has 1 N–H and O–H groups in total. The summed E-state index contributed by atoms with van der Waals surface area (Å²) in [6, 6.07) is -0.514. The number of carbonyl (C=O) groups is 2. The van der Waals surface area contributed by atoms with E-state index in [-0.39, 0.29) is 30.5 Å². The minimum absolute atomic E-state index is 0.0805. The van der Waals surface area contributed by atoms with Crippen LogP contribution in [0.1, 0.15) is 46.5 Å². The van der Waals surface area contributed by atoms with Crippen molar-refractivity contribution in [1.82, 2.24) is 10.2 Å². The molecule has 0 aromatic heterocycles. The van der Waals surface area contributed by atoms with Crippen molar-refractivity contribution in [2.75, 3.05) is 32.8 Å². The number of nitrogens with zero attached hydrogens (tertiary/aromatic N) is 1. The number of hydrogen-bond acceptors (Lipinski definition) is 5. The molecular formula is C18H32N2O4. The highest BCUT2D eigenvalue weighted by Crippen LogP contribution is 2.28. The van der Waals surface area contributed by atoms with E-state index in [1.54, 1.807) is 0 Å². The van der Waals surface area contributed by atoms with Gasteiger partial charge in [-0.05, 0) is 24.7 Å². The summed E-state index contributed by atoms with van der Waals surface area (Å²) >= 11 is 0. The number of ether oxygens (including phenoxy) is 2. The van der Waals surface area contributed by atoms with Crippen molar-refractivity contribution in [3.05, 3.63) is 0 Å². The van der Waals surface area contributed by atoms with Crippen LogP contribution in [-0.4, -0.2) is 61.8 Å². The summed E-state index contributed by atoms with van der Waals surface area (Å²) in [6.45, 7) is 9.53. The summed E-state index contributed by atoms with van der Waals surface area (Å²) in [6.07, 6.45) is 4.10. The molecule has 2 aliphatic rings. The van der Waals surface area contributed by atoms with Crippen LogP contribution in [0.2, 0.25) is 0 Å². The van der Waals surface area contributed by atoms with Crippen LogP contribution >= 0.6 is 0 Å². The van der Waals surface area contributed by atoms with Crippen molar-refractivity contribution in [3.8, 4) is 0 Å². The molecule has 138 valence electrons. The van der Waals surface area contributed by atoms with Gasteiger partial charge in [0.2, 0.25) is 5.91 Å². The topological polar surface area (TPSA) is 67.9 Å². The molecule has 0 aromatic carbocycles. The average Bonchev–Trinajstić information content (AvgIpc) is 3.04. The quantitative estimate of drug-likeness (QED) is 0.713. The third-order valence-corrected chi connectivity index (χ3v) is 4.74. The molecule has 0 spiro atoms. The Morgan fingerprint density at radius 2 is 2.00 bits per heavy atom. The fourth-order valence-electron chi connectivity index (χ4n) is 3.71. The number of morpholine rings is 1. The zero-order valence-corrected chi connectivity index (χ0v) is 15.3. The Morgan fingerprint density at radius 3 is 2.62 bits per heavy atom. The first kappa shape index (κ1) is 19.2. The first-order chi connectivity index (χ1) is 11.5. The summed E-state index contributed by atoms with van der Waals surface area (Å²) in [7, 11) is 0. The van der Waals surface area contributed by atoms with E-state index in [0.29, 0.717) is 12.5 Å². The van der Waals surface area contributed by atoms with Gasteiger partial charge in [0.1, 0.15) is 18.8 Å². The Morgan fingerprint density at radius 1 is 1.29 bits per heavy atom. The second-order valence-electron chi connectivity index (χ2n) is 7.50. The van der Waals surface area contributed by atoms with Crippen molar-refractivity contribution >= 4 is 11.9 Å². The maximum atomic E-state index is 12.5. The van der Waals surface area contributed by atoms with Gasteiger partial charge in [-0.15, -0.1) is 0 Å². The Hall–Kier alpha value is -1.14. The molecule has 1 aliphatic carbocycles. The molecule has 0 radical (unpaired) electrons. The zero-order chi connectivity index (χ0) is 17.5. The van der Waals surface area contributed by atoms with Crippen LogP contribution in [0.3, 0.4) is 0 Å². The lowest BCUT2D eigenvalue weighted by Gasteiger charge is -2.34. The van der Waals surface area contributed by atoms with E-state index in [1.807, 2.05) is 0 Å². The number of amides is 1. The molecule has 24 heavy (non-hydrogen) atoms. The molecule has 2 rings (SSSR count). The molecule has 1 aliphatic heterocycles. The van der Waals surface area contributed by atoms with Gasteiger partial charge in [-0.3, -0.25) is 9.69 Å². The van der Waals surface area contributed by atoms with Crippen LogP contribution in [0.4, 0.5) is 0 Å². The Balaban J connectivity index is 1.82. The molecule has 0 bridgehead atoms. The van der Waals surface area contributed by atoms with Crippen LogP contribution in [0.5, 0.6) is 0 Å². The van der Waals surface area contributed by atoms with E-state index in [4.69, 9.17) is 9.47 Å². The molecule has 2 atom stereocenters. The smallest absolute Gasteiger partial charge is 0.329 e. The van der Waals surface area contributed by atoms with Gasteiger partial charge in [0.05, 0.1) is 6.61 Å². The first-order valence-electron chi connectivity index (χ1n) is 9.23. The Kier molecular flexibility index (Phi) is 7.49. The molecule has 6 heteroatoms. The van der Waals surface area contributed by atoms with E-state index in [1.165, 1.54) is 6.92 Å². The molecule has 0 aromatic rings. The lowest BCUT2D eigenvalue weighted by molar-refractivity contribution is -0.155. The van der Waals surface area contributed by atoms with E-state index in [0.717, 1.165) is 45.3 Å². The van der Waals surface area contributed by atoms with Crippen molar-refractivity contribution < 1.29 is 19.1 Å². The highest BCUT2D eigenvalue weighted by atomic mass is 16.6. The van der Waals surface area contributed by atoms with Gasteiger partial charge in [-0.25, -0.2) is 4.79 Å². The summed E-state index contributed by atoms with van der Waals surface area (Å²) in [4.78, 5) is 26.2. The minimum Gasteiger partial charge on any atom is -0.461 e. The van der Waals surface area contributed by atoms with Gasteiger partial charge in [0.15, 0.2) is 0 Å². The lowest BCUT2D eigenvalue weighted by Crippen LogP contribution is -2.48. The van der Waals surface area contributed by atoms with Crippen LogP contribution in [0.25, 0.3) is 0 Å². The fourth-order valence-corrected chi connectivity index (χ4v) is 3.71. The van der Waals surface area contributed by atoms with Gasteiger partial charge < -0.3 is 14.8 Å². The summed E-state index contributed by atoms with van der Waals surface area (Å²) in [5.41, 5.74) is 0. The third kappa shape index (κ3) is 6.06. The van der Waals surface area contributed by atoms with Crippen molar-refractivity contribution in [2.24, 2.45) is 11.8 Å². The third-order valence-electron chi connectivity index (χ3n) is 4.74. The zero-order valence-electron chi connectivity index (χ0n) is 15.3. The fraction of sp³-hybridized carbons (Fsp3) is 0.889. The first-order valence-corrected chi connectivity index (χ1v) is 9.23. The van der Waals surface area contributed by atoms with Crippen molar-refractivity contribution in [2.45, 2.75) is 58.6 Å². The van der Waals surface area contributed by atoms with Crippen LogP contribution in [-0.2, 0) is 19.1 Å². The van der Waals surface area contributed by atoms with Gasteiger partial charge in [0.25, 0.3) is 0 Å². The van der Waals surface area contributed by atoms with Gasteiger partial charge in [-0.2, -0.15) is 0 Å².